The highest BCUT2D eigenvalue weighted by molar-refractivity contribution is 7.91. The maximum absolute atomic E-state index is 13.4. The average Bonchev–Trinajstić information content (AvgIpc) is 3.47. The van der Waals surface area contributed by atoms with Crippen LogP contribution in [0.3, 0.4) is 0 Å². The van der Waals surface area contributed by atoms with Gasteiger partial charge < -0.3 is 34.2 Å². The molecule has 0 aliphatic carbocycles. The van der Waals surface area contributed by atoms with E-state index in [-0.39, 0.29) is 47.8 Å². The lowest BCUT2D eigenvalue weighted by atomic mass is 10.0. The van der Waals surface area contributed by atoms with Gasteiger partial charge in [-0.25, -0.2) is 18.3 Å². The molecule has 1 fully saturated rings. The molecule has 1 aliphatic heterocycles. The summed E-state index contributed by atoms with van der Waals surface area (Å²) in [6.45, 7) is 4.03. The van der Waals surface area contributed by atoms with Crippen LogP contribution in [-0.4, -0.2) is 71.6 Å². The van der Waals surface area contributed by atoms with E-state index in [1.165, 1.54) is 7.11 Å². The van der Waals surface area contributed by atoms with Crippen molar-refractivity contribution in [1.29, 1.82) is 0 Å². The molecule has 2 aromatic carbocycles. The molecule has 0 radical (unpaired) electrons. The van der Waals surface area contributed by atoms with Crippen LogP contribution in [0, 0.1) is 0 Å². The van der Waals surface area contributed by atoms with Gasteiger partial charge >= 0.3 is 6.03 Å². The number of amides is 2. The van der Waals surface area contributed by atoms with E-state index < -0.39 is 22.0 Å². The summed E-state index contributed by atoms with van der Waals surface area (Å²) < 4.78 is 61.6. The van der Waals surface area contributed by atoms with Crippen LogP contribution in [0.4, 0.5) is 4.79 Å². The highest BCUT2D eigenvalue weighted by Crippen LogP contribution is 2.48. The van der Waals surface area contributed by atoms with Crippen molar-refractivity contribution in [1.82, 2.24) is 5.06 Å². The molecular formula is C29H42N2O10S. The molecule has 1 aliphatic rings. The number of hydrogen-bond acceptors (Lipinski definition) is 10. The number of benzene rings is 2. The van der Waals surface area contributed by atoms with Gasteiger partial charge in [-0.1, -0.05) is 13.8 Å². The third kappa shape index (κ3) is 7.90. The van der Waals surface area contributed by atoms with Crippen molar-refractivity contribution in [2.75, 3.05) is 46.8 Å². The Morgan fingerprint density at radius 2 is 1.50 bits per heavy atom. The Hall–Kier alpha value is -3.42. The van der Waals surface area contributed by atoms with Crippen LogP contribution >= 0.6 is 0 Å². The van der Waals surface area contributed by atoms with E-state index in [0.717, 1.165) is 5.56 Å². The minimum absolute atomic E-state index is 0.0473. The second kappa shape index (κ2) is 15.2. The monoisotopic (exact) mass is 610 g/mol. The van der Waals surface area contributed by atoms with Gasteiger partial charge in [-0.3, -0.25) is 5.21 Å². The molecular weight excluding hydrogens is 568 g/mol. The maximum Gasteiger partial charge on any atom is 0.338 e. The van der Waals surface area contributed by atoms with E-state index in [9.17, 15) is 18.4 Å². The first-order valence-corrected chi connectivity index (χ1v) is 15.6. The zero-order valence-corrected chi connectivity index (χ0v) is 25.7. The fourth-order valence-corrected chi connectivity index (χ4v) is 6.28. The normalized spacial score (nSPS) is 16.6. The summed E-state index contributed by atoms with van der Waals surface area (Å²) in [4.78, 5) is 11.2. The summed E-state index contributed by atoms with van der Waals surface area (Å²) >= 11 is 0. The van der Waals surface area contributed by atoms with Crippen molar-refractivity contribution in [2.45, 2.75) is 63.1 Å². The topological polar surface area (TPSA) is 156 Å². The molecule has 13 heteroatoms. The summed E-state index contributed by atoms with van der Waals surface area (Å²) in [5, 5.41) is 9.96. The standard InChI is InChI=1S/C29H42N2O10S/c1-6-12-40-28-25(39-13-8-11-31(33)29(30)32)17-20(18-26(28)42(34,35)14-7-2)22-10-9-21(41-22)19-15-23(36-3)27(38-5)24(16-19)37-4/h15-18,21-22,33H,6-14H2,1-5H3,(H2,30,32)/t21-,22-/m1/s1. The van der Waals surface area contributed by atoms with Crippen LogP contribution in [0.2, 0.25) is 0 Å². The van der Waals surface area contributed by atoms with Gasteiger partial charge in [0.25, 0.3) is 0 Å². The third-order valence-corrected chi connectivity index (χ3v) is 8.70. The van der Waals surface area contributed by atoms with Crippen LogP contribution < -0.4 is 29.4 Å². The predicted molar refractivity (Wildman–Crippen MR) is 155 cm³/mol. The minimum atomic E-state index is -3.71. The van der Waals surface area contributed by atoms with Gasteiger partial charge in [0.2, 0.25) is 5.75 Å². The van der Waals surface area contributed by atoms with Crippen LogP contribution in [0.1, 0.15) is 69.3 Å². The number of methoxy groups -OCH3 is 3. The first kappa shape index (κ1) is 33.1. The van der Waals surface area contributed by atoms with Crippen molar-refractivity contribution in [2.24, 2.45) is 5.73 Å². The van der Waals surface area contributed by atoms with Crippen molar-refractivity contribution in [3.05, 3.63) is 35.4 Å². The van der Waals surface area contributed by atoms with Crippen LogP contribution in [0.5, 0.6) is 28.7 Å². The van der Waals surface area contributed by atoms with Gasteiger partial charge in [0.15, 0.2) is 32.8 Å². The zero-order chi connectivity index (χ0) is 30.9. The number of ether oxygens (including phenoxy) is 6. The number of carbonyl (C=O) groups excluding carboxylic acids is 1. The maximum atomic E-state index is 13.4. The van der Waals surface area contributed by atoms with E-state index in [0.29, 0.717) is 60.2 Å². The Kier molecular flexibility index (Phi) is 11.9. The number of hydroxylamine groups is 2. The molecule has 3 rings (SSSR count). The van der Waals surface area contributed by atoms with E-state index in [2.05, 4.69) is 0 Å². The molecule has 0 spiro atoms. The van der Waals surface area contributed by atoms with Gasteiger partial charge in [0.1, 0.15) is 4.90 Å². The average molecular weight is 611 g/mol. The lowest BCUT2D eigenvalue weighted by Crippen LogP contribution is -2.33. The highest BCUT2D eigenvalue weighted by Gasteiger charge is 2.33. The predicted octanol–water partition coefficient (Wildman–Crippen LogP) is 4.82. The number of rotatable bonds is 16. The zero-order valence-electron chi connectivity index (χ0n) is 24.9. The Morgan fingerprint density at radius 3 is 2.02 bits per heavy atom. The number of sulfone groups is 1. The van der Waals surface area contributed by atoms with Gasteiger partial charge in [0, 0.05) is 6.42 Å². The SMILES string of the molecule is CCCOc1c(OCCCN(O)C(N)=O)cc([C@H]2CC[C@H](c3cc(OC)c(OC)c(OC)c3)O2)cc1S(=O)(=O)CCC. The van der Waals surface area contributed by atoms with Crippen LogP contribution in [0.15, 0.2) is 29.2 Å². The molecule has 0 aromatic heterocycles. The molecule has 0 saturated carbocycles. The second-order valence-electron chi connectivity index (χ2n) is 9.83. The molecule has 3 N–H and O–H groups in total. The molecule has 2 atom stereocenters. The molecule has 1 heterocycles. The first-order valence-electron chi connectivity index (χ1n) is 14.0. The summed E-state index contributed by atoms with van der Waals surface area (Å²) in [6.07, 6.45) is 1.91. The summed E-state index contributed by atoms with van der Waals surface area (Å²) in [5.41, 5.74) is 6.55. The first-order chi connectivity index (χ1) is 20.1. The van der Waals surface area contributed by atoms with Crippen molar-refractivity contribution < 1.29 is 46.8 Å². The Morgan fingerprint density at radius 1 is 0.905 bits per heavy atom. The molecule has 1 saturated heterocycles. The van der Waals surface area contributed by atoms with E-state index >= 15 is 0 Å². The fourth-order valence-electron chi connectivity index (χ4n) is 4.77. The number of nitrogens with two attached hydrogens (primary N) is 1. The Balaban J connectivity index is 1.98. The molecule has 234 valence electrons. The molecule has 0 unspecified atom stereocenters. The molecule has 2 amide bonds. The van der Waals surface area contributed by atoms with Crippen LogP contribution in [0.25, 0.3) is 0 Å². The largest absolute Gasteiger partial charge is 0.493 e. The molecule has 0 bridgehead atoms. The minimum Gasteiger partial charge on any atom is -0.493 e. The van der Waals surface area contributed by atoms with Gasteiger partial charge in [-0.2, -0.15) is 0 Å². The fraction of sp³-hybridized carbons (Fsp3) is 0.552. The van der Waals surface area contributed by atoms with Gasteiger partial charge in [-0.05, 0) is 61.1 Å². The van der Waals surface area contributed by atoms with Crippen molar-refractivity contribution >= 4 is 15.9 Å². The van der Waals surface area contributed by atoms with E-state index in [1.807, 2.05) is 19.1 Å². The summed E-state index contributed by atoms with van der Waals surface area (Å²) in [7, 11) is 0.927. The summed E-state index contributed by atoms with van der Waals surface area (Å²) in [6, 6.07) is 6.07. The lowest BCUT2D eigenvalue weighted by Gasteiger charge is -2.21. The third-order valence-electron chi connectivity index (χ3n) is 6.78. The van der Waals surface area contributed by atoms with E-state index in [1.54, 1.807) is 33.3 Å². The number of carbonyl (C=O) groups is 1. The smallest absolute Gasteiger partial charge is 0.338 e. The Labute approximate surface area is 247 Å². The van der Waals surface area contributed by atoms with Crippen molar-refractivity contribution in [3.8, 4) is 28.7 Å². The van der Waals surface area contributed by atoms with Crippen LogP contribution in [-0.2, 0) is 14.6 Å². The van der Waals surface area contributed by atoms with Gasteiger partial charge in [-0.15, -0.1) is 0 Å². The number of primary amides is 1. The quantitative estimate of drug-likeness (QED) is 0.154. The number of hydrogen-bond donors (Lipinski definition) is 2. The van der Waals surface area contributed by atoms with E-state index in [4.69, 9.17) is 34.2 Å². The molecule has 12 nitrogen and oxygen atoms in total. The lowest BCUT2D eigenvalue weighted by molar-refractivity contribution is -0.0418. The van der Waals surface area contributed by atoms with Gasteiger partial charge in [0.05, 0.1) is 59.0 Å². The molecule has 42 heavy (non-hydrogen) atoms. The summed E-state index contributed by atoms with van der Waals surface area (Å²) in [5.74, 6) is 1.84. The van der Waals surface area contributed by atoms with Crippen molar-refractivity contribution in [3.63, 3.8) is 0 Å². The number of nitrogens with zero attached hydrogens (tertiary/aromatic N) is 1. The Bertz CT molecular complexity index is 1290. The molecule has 2 aromatic rings. The number of urea groups is 1. The second-order valence-corrected chi connectivity index (χ2v) is 11.9. The highest BCUT2D eigenvalue weighted by atomic mass is 32.2.